The molecule has 0 unspecified atom stereocenters. The van der Waals surface area contributed by atoms with Gasteiger partial charge in [-0.05, 0) is 36.2 Å². The van der Waals surface area contributed by atoms with E-state index in [1.165, 1.54) is 29.4 Å². The lowest BCUT2D eigenvalue weighted by Gasteiger charge is -2.23. The van der Waals surface area contributed by atoms with E-state index in [9.17, 15) is 19.2 Å². The summed E-state index contributed by atoms with van der Waals surface area (Å²) in [5, 5.41) is 11.8. The Hall–Kier alpha value is -5.04. The molecule has 234 valence electrons. The van der Waals surface area contributed by atoms with Crippen LogP contribution in [0.2, 0.25) is 5.02 Å². The van der Waals surface area contributed by atoms with Crippen LogP contribution in [0.1, 0.15) is 39.4 Å². The molecule has 1 aromatic carbocycles. The van der Waals surface area contributed by atoms with E-state index in [-0.39, 0.29) is 54.7 Å². The number of aromatic nitrogens is 3. The molecule has 0 radical (unpaired) electrons. The predicted molar refractivity (Wildman–Crippen MR) is 165 cm³/mol. The quantitative estimate of drug-likeness (QED) is 0.270. The maximum Gasteiger partial charge on any atom is 0.277 e. The smallest absolute Gasteiger partial charge is 0.277 e. The number of pyridine rings is 2. The number of hydrogen-bond acceptors (Lipinski definition) is 7. The molecular formula is C31H32ClFN8O4. The predicted octanol–water partition coefficient (Wildman–Crippen LogP) is 2.44. The van der Waals surface area contributed by atoms with Crippen LogP contribution >= 0.6 is 11.6 Å². The topological polar surface area (TPSA) is 150 Å². The molecule has 2 bridgehead atoms. The van der Waals surface area contributed by atoms with Gasteiger partial charge in [0, 0.05) is 63.6 Å². The Morgan fingerprint density at radius 1 is 0.978 bits per heavy atom. The van der Waals surface area contributed by atoms with E-state index in [2.05, 4.69) is 31.2 Å². The zero-order chi connectivity index (χ0) is 31.8. The lowest BCUT2D eigenvalue weighted by atomic mass is 10.0. The van der Waals surface area contributed by atoms with Crippen molar-refractivity contribution in [3.63, 3.8) is 0 Å². The van der Waals surface area contributed by atoms with Crippen LogP contribution in [0.15, 0.2) is 67.0 Å². The molecule has 4 aromatic rings. The monoisotopic (exact) mass is 634 g/mol. The van der Waals surface area contributed by atoms with Gasteiger partial charge in [-0.3, -0.25) is 28.6 Å². The number of fused-ring (bicyclic) bond motifs is 3. The first kappa shape index (κ1) is 31.4. The number of anilines is 1. The number of hydrogen-bond donors (Lipinski definition) is 4. The summed E-state index contributed by atoms with van der Waals surface area (Å²) in [7, 11) is 0. The second-order valence-corrected chi connectivity index (χ2v) is 10.9. The standard InChI is InChI=1S/C31H32ClFN8O4/c32-21-8-9-25-39-27(28(33)41(25)19-21)31(45)40-15-4-7-26(42)36-13-12-34-22-10-11-35-23(18-22)30(44)38-24(29(43)37-14-16-40)17-20-5-2-1-3-6-20/h1-3,5-6,8-11,18-19,24,34H,4,7,12-17H2,(H,36,42)(H,37,43)(H,38,44)/t24-/m0/s1. The van der Waals surface area contributed by atoms with Gasteiger partial charge < -0.3 is 26.2 Å². The van der Waals surface area contributed by atoms with Gasteiger partial charge in [0.15, 0.2) is 5.69 Å². The fourth-order valence-corrected chi connectivity index (χ4v) is 5.07. The molecule has 1 aliphatic heterocycles. The third kappa shape index (κ3) is 8.12. The average molecular weight is 635 g/mol. The third-order valence-electron chi connectivity index (χ3n) is 7.20. The van der Waals surface area contributed by atoms with Crippen molar-refractivity contribution in [3.8, 4) is 0 Å². The molecule has 0 fully saturated rings. The summed E-state index contributed by atoms with van der Waals surface area (Å²) < 4.78 is 16.3. The fraction of sp³-hybridized carbons (Fsp3) is 0.290. The van der Waals surface area contributed by atoms with Crippen molar-refractivity contribution in [1.82, 2.24) is 35.2 Å². The van der Waals surface area contributed by atoms with Gasteiger partial charge in [-0.1, -0.05) is 41.9 Å². The Morgan fingerprint density at radius 2 is 1.78 bits per heavy atom. The number of rotatable bonds is 3. The molecule has 0 spiro atoms. The van der Waals surface area contributed by atoms with Crippen LogP contribution in [-0.2, 0) is 16.0 Å². The van der Waals surface area contributed by atoms with Crippen LogP contribution in [0.3, 0.4) is 0 Å². The molecule has 12 nitrogen and oxygen atoms in total. The van der Waals surface area contributed by atoms with Gasteiger partial charge in [-0.25, -0.2) is 4.98 Å². The maximum atomic E-state index is 15.3. The van der Waals surface area contributed by atoms with Crippen molar-refractivity contribution in [2.24, 2.45) is 0 Å². The third-order valence-corrected chi connectivity index (χ3v) is 7.42. The zero-order valence-electron chi connectivity index (χ0n) is 24.3. The Labute approximate surface area is 263 Å². The van der Waals surface area contributed by atoms with Crippen molar-refractivity contribution >= 4 is 46.6 Å². The van der Waals surface area contributed by atoms with E-state index < -0.39 is 35.4 Å². The van der Waals surface area contributed by atoms with Crippen molar-refractivity contribution in [3.05, 3.63) is 94.9 Å². The Bertz CT molecular complexity index is 1700. The molecule has 1 atom stereocenters. The van der Waals surface area contributed by atoms with Crippen molar-refractivity contribution in [1.29, 1.82) is 0 Å². The van der Waals surface area contributed by atoms with Gasteiger partial charge in [0.05, 0.1) is 5.02 Å². The number of imidazole rings is 1. The van der Waals surface area contributed by atoms with Crippen molar-refractivity contribution < 1.29 is 23.6 Å². The minimum atomic E-state index is -0.952. The highest BCUT2D eigenvalue weighted by Crippen LogP contribution is 2.17. The molecule has 0 saturated carbocycles. The molecule has 5 rings (SSSR count). The summed E-state index contributed by atoms with van der Waals surface area (Å²) in [5.74, 6) is -2.80. The molecule has 3 aromatic heterocycles. The molecular weight excluding hydrogens is 603 g/mol. The Morgan fingerprint density at radius 3 is 2.60 bits per heavy atom. The first-order chi connectivity index (χ1) is 21.8. The number of amides is 4. The highest BCUT2D eigenvalue weighted by molar-refractivity contribution is 6.30. The summed E-state index contributed by atoms with van der Waals surface area (Å²) in [6.07, 6.45) is 3.43. The van der Waals surface area contributed by atoms with Gasteiger partial charge in [0.25, 0.3) is 11.8 Å². The molecule has 1 aliphatic rings. The van der Waals surface area contributed by atoms with Crippen LogP contribution < -0.4 is 21.3 Å². The molecule has 4 N–H and O–H groups in total. The largest absolute Gasteiger partial charge is 0.383 e. The summed E-state index contributed by atoms with van der Waals surface area (Å²) in [4.78, 5) is 62.3. The lowest BCUT2D eigenvalue weighted by Crippen LogP contribution is -2.50. The first-order valence-corrected chi connectivity index (χ1v) is 14.9. The lowest BCUT2D eigenvalue weighted by molar-refractivity contribution is -0.123. The summed E-state index contributed by atoms with van der Waals surface area (Å²) in [6.45, 7) is 0.807. The van der Waals surface area contributed by atoms with Crippen LogP contribution in [0.25, 0.3) is 5.65 Å². The van der Waals surface area contributed by atoms with E-state index in [1.807, 2.05) is 30.3 Å². The van der Waals surface area contributed by atoms with Gasteiger partial charge in [-0.15, -0.1) is 0 Å². The van der Waals surface area contributed by atoms with Gasteiger partial charge in [0.2, 0.25) is 17.8 Å². The van der Waals surface area contributed by atoms with Crippen LogP contribution in [0.5, 0.6) is 0 Å². The van der Waals surface area contributed by atoms with Crippen LogP contribution in [0.4, 0.5) is 10.1 Å². The van der Waals surface area contributed by atoms with E-state index >= 15 is 4.39 Å². The number of halogens is 2. The second kappa shape index (κ2) is 14.6. The van der Waals surface area contributed by atoms with Gasteiger partial charge in [0.1, 0.15) is 17.4 Å². The fourth-order valence-electron chi connectivity index (χ4n) is 4.91. The minimum absolute atomic E-state index is 0.000214. The first-order valence-electron chi connectivity index (χ1n) is 14.5. The van der Waals surface area contributed by atoms with E-state index in [4.69, 9.17) is 11.6 Å². The van der Waals surface area contributed by atoms with Gasteiger partial charge >= 0.3 is 0 Å². The van der Waals surface area contributed by atoms with E-state index in [1.54, 1.807) is 12.1 Å². The number of carbonyl (C=O) groups is 4. The summed E-state index contributed by atoms with van der Waals surface area (Å²) in [6, 6.07) is 14.6. The van der Waals surface area contributed by atoms with Crippen LogP contribution in [-0.4, -0.2) is 81.7 Å². The van der Waals surface area contributed by atoms with E-state index in [0.29, 0.717) is 25.2 Å². The summed E-state index contributed by atoms with van der Waals surface area (Å²) >= 11 is 6.00. The maximum absolute atomic E-state index is 15.3. The molecule has 45 heavy (non-hydrogen) atoms. The number of nitrogens with zero attached hydrogens (tertiary/aromatic N) is 4. The molecule has 4 amide bonds. The van der Waals surface area contributed by atoms with Crippen molar-refractivity contribution in [2.75, 3.05) is 38.0 Å². The van der Waals surface area contributed by atoms with E-state index in [0.717, 1.165) is 9.96 Å². The molecule has 0 aliphatic carbocycles. The molecule has 14 heteroatoms. The molecule has 4 heterocycles. The van der Waals surface area contributed by atoms with Crippen LogP contribution in [0, 0.1) is 5.95 Å². The number of nitrogens with one attached hydrogen (secondary N) is 4. The normalized spacial score (nSPS) is 17.2. The minimum Gasteiger partial charge on any atom is -0.383 e. The Kier molecular flexibility index (Phi) is 10.2. The molecule has 0 saturated heterocycles. The highest BCUT2D eigenvalue weighted by atomic mass is 35.5. The second-order valence-electron chi connectivity index (χ2n) is 10.4. The summed E-state index contributed by atoms with van der Waals surface area (Å²) in [5.41, 5.74) is 1.37. The number of carbonyl (C=O) groups excluding carboxylic acids is 4. The van der Waals surface area contributed by atoms with Crippen molar-refractivity contribution in [2.45, 2.75) is 25.3 Å². The zero-order valence-corrected chi connectivity index (χ0v) is 25.0. The van der Waals surface area contributed by atoms with Gasteiger partial charge in [-0.2, -0.15) is 4.39 Å². The average Bonchev–Trinajstić information content (AvgIpc) is 3.37. The highest BCUT2D eigenvalue weighted by Gasteiger charge is 2.26. The Balaban J connectivity index is 1.37. The number of benzene rings is 1. The SMILES string of the molecule is O=C1CCCN(C(=O)c2nc3ccc(Cl)cn3c2F)CCNC(=O)[C@H](Cc2ccccc2)NC(=O)c2cc(ccn2)NCCN1.